The van der Waals surface area contributed by atoms with E-state index in [1.165, 1.54) is 12.1 Å². The number of rotatable bonds is 7. The first-order valence-corrected chi connectivity index (χ1v) is 11.8. The Morgan fingerprint density at radius 3 is 2.43 bits per heavy atom. The number of benzene rings is 2. The highest BCUT2D eigenvalue weighted by molar-refractivity contribution is 7.89. The van der Waals surface area contributed by atoms with Crippen LogP contribution in [0.5, 0.6) is 11.5 Å². The second-order valence-corrected chi connectivity index (χ2v) is 9.37. The summed E-state index contributed by atoms with van der Waals surface area (Å²) in [5.41, 5.74) is 0.883. The van der Waals surface area contributed by atoms with Crippen LogP contribution in [-0.4, -0.2) is 39.6 Å². The maximum atomic E-state index is 13.1. The summed E-state index contributed by atoms with van der Waals surface area (Å²) in [7, 11) is -3.94. The molecule has 1 amide bonds. The van der Waals surface area contributed by atoms with Crippen molar-refractivity contribution in [1.29, 1.82) is 0 Å². The zero-order valence-electron chi connectivity index (χ0n) is 16.7. The van der Waals surface area contributed by atoms with Crippen molar-refractivity contribution in [3.63, 3.8) is 0 Å². The first-order valence-electron chi connectivity index (χ1n) is 10.3. The van der Waals surface area contributed by atoms with Crippen LogP contribution in [0.25, 0.3) is 0 Å². The fourth-order valence-corrected chi connectivity index (χ4v) is 5.07. The Balaban J connectivity index is 1.55. The summed E-state index contributed by atoms with van der Waals surface area (Å²) in [6.45, 7) is 0.794. The maximum Gasteiger partial charge on any atom is 0.241 e. The number of ether oxygens (including phenoxy) is 2. The molecular weight excluding hydrogens is 404 g/mol. The molecule has 8 heteroatoms. The molecule has 30 heavy (non-hydrogen) atoms. The number of sulfonamides is 1. The minimum absolute atomic E-state index is 0.0403. The number of carbonyl (C=O) groups excluding carboxylic acids is 1. The maximum absolute atomic E-state index is 13.1. The molecule has 1 aliphatic carbocycles. The third-order valence-corrected chi connectivity index (χ3v) is 6.89. The Hall–Kier alpha value is -2.58. The summed E-state index contributed by atoms with van der Waals surface area (Å²) in [6, 6.07) is 13.1. The minimum Gasteiger partial charge on any atom is -0.486 e. The highest BCUT2D eigenvalue weighted by atomic mass is 32.2. The van der Waals surface area contributed by atoms with E-state index in [1.54, 1.807) is 6.07 Å². The zero-order chi connectivity index (χ0) is 21.0. The van der Waals surface area contributed by atoms with Gasteiger partial charge in [0.1, 0.15) is 19.3 Å². The Bertz CT molecular complexity index is 988. The van der Waals surface area contributed by atoms with Gasteiger partial charge < -0.3 is 14.8 Å². The fourth-order valence-electron chi connectivity index (χ4n) is 3.86. The van der Waals surface area contributed by atoms with E-state index >= 15 is 0 Å². The highest BCUT2D eigenvalue weighted by Gasteiger charge is 2.29. The van der Waals surface area contributed by atoms with Gasteiger partial charge in [0.25, 0.3) is 0 Å². The Morgan fingerprint density at radius 2 is 1.70 bits per heavy atom. The number of hydrogen-bond donors (Lipinski definition) is 2. The second-order valence-electron chi connectivity index (χ2n) is 7.66. The SMILES string of the molecule is O=C(NC1CCCC1)[C@@H](Cc1ccccc1)NS(=O)(=O)c1ccc2c(c1)OCCO2. The molecule has 0 saturated heterocycles. The molecular formula is C22H26N2O5S. The molecule has 4 rings (SSSR count). The Kier molecular flexibility index (Phi) is 6.24. The van der Waals surface area contributed by atoms with Crippen LogP contribution in [0.4, 0.5) is 0 Å². The molecule has 2 aromatic rings. The molecule has 1 fully saturated rings. The van der Waals surface area contributed by atoms with Crippen LogP contribution in [0.15, 0.2) is 53.4 Å². The lowest BCUT2D eigenvalue weighted by Gasteiger charge is -2.22. The highest BCUT2D eigenvalue weighted by Crippen LogP contribution is 2.32. The van der Waals surface area contributed by atoms with Crippen LogP contribution < -0.4 is 19.5 Å². The summed E-state index contributed by atoms with van der Waals surface area (Å²) in [6.07, 6.45) is 4.29. The van der Waals surface area contributed by atoms with Gasteiger partial charge in [-0.3, -0.25) is 4.79 Å². The molecule has 7 nitrogen and oxygen atoms in total. The molecule has 0 bridgehead atoms. The van der Waals surface area contributed by atoms with Crippen LogP contribution in [0, 0.1) is 0 Å². The fraction of sp³-hybridized carbons (Fsp3) is 0.409. The molecule has 0 radical (unpaired) electrons. The predicted molar refractivity (Wildman–Crippen MR) is 112 cm³/mol. The molecule has 160 valence electrons. The number of hydrogen-bond acceptors (Lipinski definition) is 5. The first-order chi connectivity index (χ1) is 14.5. The normalized spacial score (nSPS) is 17.5. The second kappa shape index (κ2) is 9.06. The van der Waals surface area contributed by atoms with E-state index in [2.05, 4.69) is 10.0 Å². The quantitative estimate of drug-likeness (QED) is 0.704. The topological polar surface area (TPSA) is 93.7 Å². The van der Waals surface area contributed by atoms with E-state index in [0.29, 0.717) is 24.7 Å². The molecule has 1 atom stereocenters. The van der Waals surface area contributed by atoms with E-state index in [9.17, 15) is 13.2 Å². The van der Waals surface area contributed by atoms with Gasteiger partial charge in [0, 0.05) is 12.1 Å². The summed E-state index contributed by atoms with van der Waals surface area (Å²) in [5, 5.41) is 3.01. The van der Waals surface area contributed by atoms with Gasteiger partial charge in [0.05, 0.1) is 4.90 Å². The average Bonchev–Trinajstić information content (AvgIpc) is 3.26. The van der Waals surface area contributed by atoms with Gasteiger partial charge in [-0.25, -0.2) is 8.42 Å². The van der Waals surface area contributed by atoms with Gasteiger partial charge in [-0.05, 0) is 37.0 Å². The Morgan fingerprint density at radius 1 is 1.00 bits per heavy atom. The monoisotopic (exact) mass is 430 g/mol. The molecule has 1 aliphatic heterocycles. The van der Waals surface area contributed by atoms with Crippen LogP contribution in [-0.2, 0) is 21.2 Å². The zero-order valence-corrected chi connectivity index (χ0v) is 17.5. The van der Waals surface area contributed by atoms with Crippen molar-refractivity contribution < 1.29 is 22.7 Å². The standard InChI is InChI=1S/C22H26N2O5S/c25-22(23-17-8-4-5-9-17)19(14-16-6-2-1-3-7-16)24-30(26,27)18-10-11-20-21(15-18)29-13-12-28-20/h1-3,6-7,10-11,15,17,19,24H,4-5,8-9,12-14H2,(H,23,25)/t19-/m1/s1. The largest absolute Gasteiger partial charge is 0.486 e. The van der Waals surface area contributed by atoms with Crippen LogP contribution in [0.2, 0.25) is 0 Å². The van der Waals surface area contributed by atoms with Gasteiger partial charge in [0.15, 0.2) is 11.5 Å². The van der Waals surface area contributed by atoms with Crippen molar-refractivity contribution in [3.8, 4) is 11.5 Å². The van der Waals surface area contributed by atoms with Gasteiger partial charge >= 0.3 is 0 Å². The van der Waals surface area contributed by atoms with Gasteiger partial charge in [-0.2, -0.15) is 4.72 Å². The van der Waals surface area contributed by atoms with Gasteiger partial charge in [-0.15, -0.1) is 0 Å². The van der Waals surface area contributed by atoms with Crippen LogP contribution >= 0.6 is 0 Å². The average molecular weight is 431 g/mol. The number of amides is 1. The van der Waals surface area contributed by atoms with E-state index in [1.807, 2.05) is 30.3 Å². The van der Waals surface area contributed by atoms with Gasteiger partial charge in [0.2, 0.25) is 15.9 Å². The number of carbonyl (C=O) groups is 1. The predicted octanol–water partition coefficient (Wildman–Crippen LogP) is 2.41. The summed E-state index contributed by atoms with van der Waals surface area (Å²) in [5.74, 6) is 0.603. The lowest BCUT2D eigenvalue weighted by Crippen LogP contribution is -2.50. The molecule has 0 aromatic heterocycles. The van der Waals surface area contributed by atoms with Crippen molar-refractivity contribution in [2.75, 3.05) is 13.2 Å². The van der Waals surface area contributed by atoms with E-state index in [4.69, 9.17) is 9.47 Å². The molecule has 1 heterocycles. The van der Waals surface area contributed by atoms with Crippen molar-refractivity contribution in [3.05, 3.63) is 54.1 Å². The van der Waals surface area contributed by atoms with Gasteiger partial charge in [-0.1, -0.05) is 43.2 Å². The summed E-state index contributed by atoms with van der Waals surface area (Å²) >= 11 is 0. The van der Waals surface area contributed by atoms with Crippen LogP contribution in [0.3, 0.4) is 0 Å². The molecule has 0 unspecified atom stereocenters. The van der Waals surface area contributed by atoms with E-state index in [0.717, 1.165) is 31.2 Å². The minimum atomic E-state index is -3.94. The van der Waals surface area contributed by atoms with Crippen molar-refractivity contribution >= 4 is 15.9 Å². The van der Waals surface area contributed by atoms with E-state index < -0.39 is 16.1 Å². The van der Waals surface area contributed by atoms with Crippen LogP contribution in [0.1, 0.15) is 31.2 Å². The molecule has 2 N–H and O–H groups in total. The lowest BCUT2D eigenvalue weighted by molar-refractivity contribution is -0.123. The summed E-state index contributed by atoms with van der Waals surface area (Å²) < 4.78 is 39.7. The van der Waals surface area contributed by atoms with Crippen molar-refractivity contribution in [2.45, 2.75) is 49.1 Å². The molecule has 2 aromatic carbocycles. The lowest BCUT2D eigenvalue weighted by atomic mass is 10.1. The smallest absolute Gasteiger partial charge is 0.241 e. The third-order valence-electron chi connectivity index (χ3n) is 5.42. The molecule has 0 spiro atoms. The summed E-state index contributed by atoms with van der Waals surface area (Å²) in [4.78, 5) is 13.0. The Labute approximate surface area is 176 Å². The van der Waals surface area contributed by atoms with Crippen molar-refractivity contribution in [2.24, 2.45) is 0 Å². The molecule has 1 saturated carbocycles. The first kappa shape index (κ1) is 20.7. The number of fused-ring (bicyclic) bond motifs is 1. The van der Waals surface area contributed by atoms with E-state index in [-0.39, 0.29) is 23.3 Å². The molecule has 2 aliphatic rings. The third kappa shape index (κ3) is 4.94. The number of nitrogens with one attached hydrogen (secondary N) is 2. The van der Waals surface area contributed by atoms with Crippen molar-refractivity contribution in [1.82, 2.24) is 10.0 Å².